The van der Waals surface area contributed by atoms with Crippen molar-refractivity contribution in [1.29, 1.82) is 0 Å². The van der Waals surface area contributed by atoms with E-state index in [0.29, 0.717) is 12.1 Å². The van der Waals surface area contributed by atoms with E-state index in [4.69, 9.17) is 5.73 Å². The Balaban J connectivity index is 3.05. The van der Waals surface area contributed by atoms with E-state index in [1.165, 1.54) is 0 Å². The molecule has 0 saturated carbocycles. The van der Waals surface area contributed by atoms with Gasteiger partial charge in [-0.1, -0.05) is 29.3 Å². The highest BCUT2D eigenvalue weighted by atomic mass is 79.9. The highest BCUT2D eigenvalue weighted by molar-refractivity contribution is 9.10. The van der Waals surface area contributed by atoms with Gasteiger partial charge in [0.05, 0.1) is 16.3 Å². The molecule has 0 aliphatic carbocycles. The van der Waals surface area contributed by atoms with Crippen molar-refractivity contribution in [2.75, 3.05) is 11.5 Å². The minimum absolute atomic E-state index is 0.162. The largest absolute Gasteiger partial charge is 0.398 e. The van der Waals surface area contributed by atoms with Gasteiger partial charge in [-0.25, -0.2) is 8.42 Å². The lowest BCUT2D eigenvalue weighted by Gasteiger charge is -2.06. The molecule has 0 amide bonds. The molecule has 0 unspecified atom stereocenters. The van der Waals surface area contributed by atoms with Gasteiger partial charge in [0, 0.05) is 4.47 Å². The third kappa shape index (κ3) is 3.21. The van der Waals surface area contributed by atoms with Gasteiger partial charge in [0.25, 0.3) is 0 Å². The predicted molar refractivity (Wildman–Crippen MR) is 65.5 cm³/mol. The van der Waals surface area contributed by atoms with Crippen molar-refractivity contribution >= 4 is 31.5 Å². The number of unbranched alkanes of at least 4 members (excludes halogenated alkanes) is 1. The summed E-state index contributed by atoms with van der Waals surface area (Å²) in [6.07, 6.45) is 1.52. The summed E-state index contributed by atoms with van der Waals surface area (Å²) in [7, 11) is -3.22. The molecule has 0 aliphatic rings. The fourth-order valence-corrected chi connectivity index (χ4v) is 3.21. The number of hydrogen-bond acceptors (Lipinski definition) is 3. The molecule has 0 atom stereocenters. The van der Waals surface area contributed by atoms with Gasteiger partial charge in [-0.2, -0.15) is 0 Å². The SMILES string of the molecule is CCCCS(=O)(=O)c1ccc(Br)cc1N. The Morgan fingerprint density at radius 1 is 1.40 bits per heavy atom. The third-order valence-corrected chi connectivity index (χ3v) is 4.43. The monoisotopic (exact) mass is 291 g/mol. The van der Waals surface area contributed by atoms with Crippen molar-refractivity contribution in [2.45, 2.75) is 24.7 Å². The third-order valence-electron chi connectivity index (χ3n) is 2.07. The first kappa shape index (κ1) is 12.5. The van der Waals surface area contributed by atoms with E-state index in [9.17, 15) is 8.42 Å². The smallest absolute Gasteiger partial charge is 0.180 e. The number of halogens is 1. The van der Waals surface area contributed by atoms with E-state index >= 15 is 0 Å². The molecule has 3 nitrogen and oxygen atoms in total. The van der Waals surface area contributed by atoms with Crippen molar-refractivity contribution in [1.82, 2.24) is 0 Å². The van der Waals surface area contributed by atoms with Gasteiger partial charge in [-0.15, -0.1) is 0 Å². The highest BCUT2D eigenvalue weighted by Gasteiger charge is 2.16. The van der Waals surface area contributed by atoms with Crippen molar-refractivity contribution in [3.05, 3.63) is 22.7 Å². The van der Waals surface area contributed by atoms with Crippen LogP contribution in [0, 0.1) is 0 Å². The molecule has 0 fully saturated rings. The molecule has 84 valence electrons. The van der Waals surface area contributed by atoms with E-state index < -0.39 is 9.84 Å². The number of anilines is 1. The molecule has 0 radical (unpaired) electrons. The molecule has 0 aromatic heterocycles. The standard InChI is InChI=1S/C10H14BrNO2S/c1-2-3-6-15(13,14)10-5-4-8(11)7-9(10)12/h4-5,7H,2-3,6,12H2,1H3. The van der Waals surface area contributed by atoms with Crippen LogP contribution >= 0.6 is 15.9 Å². The molecule has 1 aromatic carbocycles. The molecule has 0 saturated heterocycles. The second-order valence-corrected chi connectivity index (χ2v) is 6.35. The van der Waals surface area contributed by atoms with Gasteiger partial charge in [-0.05, 0) is 24.6 Å². The van der Waals surface area contributed by atoms with Crippen LogP contribution in [-0.2, 0) is 9.84 Å². The van der Waals surface area contributed by atoms with Gasteiger partial charge < -0.3 is 5.73 Å². The lowest BCUT2D eigenvalue weighted by Crippen LogP contribution is -2.09. The Hall–Kier alpha value is -0.550. The molecule has 1 rings (SSSR count). The maximum absolute atomic E-state index is 11.8. The average molecular weight is 292 g/mol. The van der Waals surface area contributed by atoms with Gasteiger partial charge in [0.1, 0.15) is 0 Å². The van der Waals surface area contributed by atoms with Crippen LogP contribution in [0.3, 0.4) is 0 Å². The molecule has 5 heteroatoms. The highest BCUT2D eigenvalue weighted by Crippen LogP contribution is 2.24. The number of sulfone groups is 1. The van der Waals surface area contributed by atoms with Crippen LogP contribution in [0.5, 0.6) is 0 Å². The molecule has 0 aliphatic heterocycles. The van der Waals surface area contributed by atoms with E-state index in [2.05, 4.69) is 15.9 Å². The van der Waals surface area contributed by atoms with Crippen molar-refractivity contribution < 1.29 is 8.42 Å². The van der Waals surface area contributed by atoms with Crippen LogP contribution in [0.2, 0.25) is 0 Å². The van der Waals surface area contributed by atoms with Crippen LogP contribution in [0.15, 0.2) is 27.6 Å². The van der Waals surface area contributed by atoms with E-state index in [0.717, 1.165) is 10.9 Å². The zero-order chi connectivity index (χ0) is 11.5. The quantitative estimate of drug-likeness (QED) is 0.868. The summed E-state index contributed by atoms with van der Waals surface area (Å²) in [6, 6.07) is 4.85. The number of nitrogen functional groups attached to an aromatic ring is 1. The minimum atomic E-state index is -3.22. The lowest BCUT2D eigenvalue weighted by atomic mass is 10.3. The molecular weight excluding hydrogens is 278 g/mol. The molecule has 2 N–H and O–H groups in total. The zero-order valence-electron chi connectivity index (χ0n) is 8.53. The Morgan fingerprint density at radius 2 is 2.07 bits per heavy atom. The zero-order valence-corrected chi connectivity index (χ0v) is 10.9. The van der Waals surface area contributed by atoms with Crippen LogP contribution in [0.4, 0.5) is 5.69 Å². The average Bonchev–Trinajstić information content (AvgIpc) is 2.14. The summed E-state index contributed by atoms with van der Waals surface area (Å²) in [4.78, 5) is 0.235. The maximum Gasteiger partial charge on any atom is 0.180 e. The fourth-order valence-electron chi connectivity index (χ4n) is 1.25. The van der Waals surface area contributed by atoms with Crippen LogP contribution < -0.4 is 5.73 Å². The Labute approximate surface area is 98.7 Å². The van der Waals surface area contributed by atoms with E-state index in [1.807, 2.05) is 6.92 Å². The van der Waals surface area contributed by atoms with Gasteiger partial charge in [0.2, 0.25) is 0 Å². The predicted octanol–water partition coefficient (Wildman–Crippen LogP) is 2.61. The lowest BCUT2D eigenvalue weighted by molar-refractivity contribution is 0.593. The second kappa shape index (κ2) is 4.99. The molecule has 0 spiro atoms. The molecular formula is C10H14BrNO2S. The summed E-state index contributed by atoms with van der Waals surface area (Å²) >= 11 is 3.24. The van der Waals surface area contributed by atoms with Crippen LogP contribution in [0.1, 0.15) is 19.8 Å². The van der Waals surface area contributed by atoms with E-state index in [1.54, 1.807) is 18.2 Å². The van der Waals surface area contributed by atoms with Crippen molar-refractivity contribution in [3.8, 4) is 0 Å². The van der Waals surface area contributed by atoms with Crippen molar-refractivity contribution in [3.63, 3.8) is 0 Å². The summed E-state index contributed by atoms with van der Waals surface area (Å²) in [5, 5.41) is 0. The normalized spacial score (nSPS) is 11.6. The first-order valence-electron chi connectivity index (χ1n) is 4.75. The molecule has 0 heterocycles. The number of nitrogens with two attached hydrogens (primary N) is 1. The summed E-state index contributed by atoms with van der Waals surface area (Å²) in [5.74, 6) is 0.162. The minimum Gasteiger partial charge on any atom is -0.398 e. The summed E-state index contributed by atoms with van der Waals surface area (Å²) in [5.41, 5.74) is 5.98. The van der Waals surface area contributed by atoms with Crippen LogP contribution in [-0.4, -0.2) is 14.2 Å². The first-order chi connectivity index (χ1) is 6.97. The topological polar surface area (TPSA) is 60.2 Å². The second-order valence-electron chi connectivity index (χ2n) is 3.35. The van der Waals surface area contributed by atoms with Gasteiger partial charge in [0.15, 0.2) is 9.84 Å². The molecule has 0 bridgehead atoms. The number of rotatable bonds is 4. The Kier molecular flexibility index (Phi) is 4.16. The maximum atomic E-state index is 11.8. The van der Waals surface area contributed by atoms with E-state index in [-0.39, 0.29) is 10.6 Å². The fraction of sp³-hybridized carbons (Fsp3) is 0.400. The first-order valence-corrected chi connectivity index (χ1v) is 7.19. The van der Waals surface area contributed by atoms with Crippen LogP contribution in [0.25, 0.3) is 0 Å². The molecule has 1 aromatic rings. The van der Waals surface area contributed by atoms with Gasteiger partial charge in [-0.3, -0.25) is 0 Å². The number of benzene rings is 1. The summed E-state index contributed by atoms with van der Waals surface area (Å²) < 4.78 is 24.4. The van der Waals surface area contributed by atoms with Gasteiger partial charge >= 0.3 is 0 Å². The summed E-state index contributed by atoms with van der Waals surface area (Å²) in [6.45, 7) is 1.96. The Morgan fingerprint density at radius 3 is 2.60 bits per heavy atom. The number of hydrogen-bond donors (Lipinski definition) is 1. The molecule has 15 heavy (non-hydrogen) atoms. The Bertz CT molecular complexity index is 443. The van der Waals surface area contributed by atoms with Crippen molar-refractivity contribution in [2.24, 2.45) is 0 Å².